The van der Waals surface area contributed by atoms with E-state index in [1.54, 1.807) is 18.2 Å². The fraction of sp³-hybridized carbons (Fsp3) is 0.0769. The van der Waals surface area contributed by atoms with Gasteiger partial charge in [-0.3, -0.25) is 4.79 Å². The van der Waals surface area contributed by atoms with Gasteiger partial charge in [0.05, 0.1) is 25.0 Å². The maximum atomic E-state index is 12.9. The van der Waals surface area contributed by atoms with Crippen LogP contribution in [0.25, 0.3) is 21.9 Å². The number of aliphatic hydroxyl groups excluding tert-OH is 1. The summed E-state index contributed by atoms with van der Waals surface area (Å²) in [7, 11) is 1.30. The van der Waals surface area contributed by atoms with Gasteiger partial charge in [0.2, 0.25) is 0 Å². The van der Waals surface area contributed by atoms with E-state index in [-0.39, 0.29) is 18.1 Å². The molecule has 0 aromatic heterocycles. The number of esters is 1. The third kappa shape index (κ3) is 4.32. The van der Waals surface area contributed by atoms with Gasteiger partial charge in [0.1, 0.15) is 0 Å². The fourth-order valence-corrected chi connectivity index (χ4v) is 3.49. The maximum Gasteiger partial charge on any atom is 0.339 e. The minimum absolute atomic E-state index is 0.0718. The van der Waals surface area contributed by atoms with Crippen LogP contribution in [0.4, 0.5) is 5.69 Å². The first-order chi connectivity index (χ1) is 15.1. The smallest absolute Gasteiger partial charge is 0.339 e. The van der Waals surface area contributed by atoms with Crippen LogP contribution in [-0.2, 0) is 11.3 Å². The van der Waals surface area contributed by atoms with Crippen molar-refractivity contribution >= 4 is 28.3 Å². The number of rotatable bonds is 5. The molecule has 0 radical (unpaired) electrons. The molecule has 0 unspecified atom stereocenters. The number of anilines is 1. The van der Waals surface area contributed by atoms with Crippen molar-refractivity contribution in [1.82, 2.24) is 0 Å². The van der Waals surface area contributed by atoms with Crippen LogP contribution in [0.1, 0.15) is 26.3 Å². The Balaban J connectivity index is 1.67. The number of fused-ring (bicyclic) bond motifs is 1. The first-order valence-electron chi connectivity index (χ1n) is 9.82. The van der Waals surface area contributed by atoms with Gasteiger partial charge in [-0.1, -0.05) is 54.6 Å². The largest absolute Gasteiger partial charge is 0.465 e. The highest BCUT2D eigenvalue weighted by Gasteiger charge is 2.17. The SMILES string of the molecule is COC(=O)c1cc(-c2cccc(CO)c2)ccc1NC(=O)c1ccc2ccccc2c1. The van der Waals surface area contributed by atoms with Crippen LogP contribution in [-0.4, -0.2) is 24.1 Å². The van der Waals surface area contributed by atoms with E-state index in [0.717, 1.165) is 27.5 Å². The summed E-state index contributed by atoms with van der Waals surface area (Å²) in [6, 6.07) is 25.8. The number of methoxy groups -OCH3 is 1. The molecule has 5 nitrogen and oxygen atoms in total. The van der Waals surface area contributed by atoms with Crippen molar-refractivity contribution in [2.45, 2.75) is 6.61 Å². The molecule has 0 aliphatic heterocycles. The van der Waals surface area contributed by atoms with Gasteiger partial charge in [-0.15, -0.1) is 0 Å². The molecule has 4 aromatic rings. The second kappa shape index (κ2) is 8.81. The van der Waals surface area contributed by atoms with Crippen LogP contribution in [0, 0.1) is 0 Å². The maximum absolute atomic E-state index is 12.9. The van der Waals surface area contributed by atoms with Crippen molar-refractivity contribution in [1.29, 1.82) is 0 Å². The topological polar surface area (TPSA) is 75.6 Å². The number of carbonyl (C=O) groups is 2. The Bertz CT molecular complexity index is 1280. The van der Waals surface area contributed by atoms with Crippen LogP contribution < -0.4 is 5.32 Å². The van der Waals surface area contributed by atoms with Crippen LogP contribution in [0.2, 0.25) is 0 Å². The van der Waals surface area contributed by atoms with Crippen molar-refractivity contribution in [3.05, 3.63) is 102 Å². The third-order valence-corrected chi connectivity index (χ3v) is 5.13. The number of hydrogen-bond acceptors (Lipinski definition) is 4. The summed E-state index contributed by atoms with van der Waals surface area (Å²) in [6.07, 6.45) is 0. The number of ether oxygens (including phenoxy) is 1. The highest BCUT2D eigenvalue weighted by molar-refractivity contribution is 6.09. The summed E-state index contributed by atoms with van der Waals surface area (Å²) >= 11 is 0. The van der Waals surface area contributed by atoms with E-state index in [1.165, 1.54) is 7.11 Å². The number of carbonyl (C=O) groups excluding carboxylic acids is 2. The van der Waals surface area contributed by atoms with Crippen molar-refractivity contribution in [2.24, 2.45) is 0 Å². The highest BCUT2D eigenvalue weighted by atomic mass is 16.5. The molecule has 0 saturated heterocycles. The summed E-state index contributed by atoms with van der Waals surface area (Å²) in [4.78, 5) is 25.3. The number of amides is 1. The molecule has 0 atom stereocenters. The number of hydrogen-bond donors (Lipinski definition) is 2. The number of nitrogens with one attached hydrogen (secondary N) is 1. The average Bonchev–Trinajstić information content (AvgIpc) is 2.83. The zero-order chi connectivity index (χ0) is 21.8. The monoisotopic (exact) mass is 411 g/mol. The summed E-state index contributed by atoms with van der Waals surface area (Å²) in [5.41, 5.74) is 3.51. The summed E-state index contributed by atoms with van der Waals surface area (Å²) in [6.45, 7) is -0.0718. The fourth-order valence-electron chi connectivity index (χ4n) is 3.49. The standard InChI is InChI=1S/C26H21NO4/c1-31-26(30)23-15-21(19-8-4-5-17(13-19)16-28)11-12-24(23)27-25(29)22-10-9-18-6-2-3-7-20(18)14-22/h2-15,28H,16H2,1H3,(H,27,29). The first-order valence-corrected chi connectivity index (χ1v) is 9.82. The Kier molecular flexibility index (Phi) is 5.78. The first kappa shape index (κ1) is 20.3. The molecule has 4 aromatic carbocycles. The minimum Gasteiger partial charge on any atom is -0.465 e. The van der Waals surface area contributed by atoms with Crippen LogP contribution in [0.15, 0.2) is 84.9 Å². The number of benzene rings is 4. The van der Waals surface area contributed by atoms with Crippen molar-refractivity contribution in [3.63, 3.8) is 0 Å². The third-order valence-electron chi connectivity index (χ3n) is 5.13. The Morgan fingerprint density at radius 2 is 1.61 bits per heavy atom. The molecular weight excluding hydrogens is 390 g/mol. The average molecular weight is 411 g/mol. The van der Waals surface area contributed by atoms with Crippen molar-refractivity contribution < 1.29 is 19.4 Å². The molecule has 4 rings (SSSR count). The van der Waals surface area contributed by atoms with E-state index in [4.69, 9.17) is 4.74 Å². The van der Waals surface area contributed by atoms with E-state index < -0.39 is 5.97 Å². The molecule has 31 heavy (non-hydrogen) atoms. The van der Waals surface area contributed by atoms with E-state index in [9.17, 15) is 14.7 Å². The highest BCUT2D eigenvalue weighted by Crippen LogP contribution is 2.27. The minimum atomic E-state index is -0.547. The molecule has 0 spiro atoms. The molecule has 0 heterocycles. The second-order valence-corrected chi connectivity index (χ2v) is 7.13. The summed E-state index contributed by atoms with van der Waals surface area (Å²) in [5.74, 6) is -0.861. The van der Waals surface area contributed by atoms with Crippen LogP contribution >= 0.6 is 0 Å². The Morgan fingerprint density at radius 3 is 2.39 bits per heavy atom. The van der Waals surface area contributed by atoms with Gasteiger partial charge in [-0.25, -0.2) is 4.79 Å². The van der Waals surface area contributed by atoms with Crippen LogP contribution in [0.3, 0.4) is 0 Å². The Labute approximate surface area is 179 Å². The molecule has 0 aliphatic rings. The van der Waals surface area contributed by atoms with Gasteiger partial charge in [0, 0.05) is 5.56 Å². The number of aliphatic hydroxyl groups is 1. The lowest BCUT2D eigenvalue weighted by Crippen LogP contribution is -2.15. The van der Waals surface area contributed by atoms with Gasteiger partial charge < -0.3 is 15.2 Å². The lowest BCUT2D eigenvalue weighted by atomic mass is 10.00. The lowest BCUT2D eigenvalue weighted by molar-refractivity contribution is 0.0602. The normalized spacial score (nSPS) is 10.6. The van der Waals surface area contributed by atoms with E-state index in [1.807, 2.05) is 66.7 Å². The Morgan fingerprint density at radius 1 is 0.839 bits per heavy atom. The van der Waals surface area contributed by atoms with Gasteiger partial charge in [0.25, 0.3) is 5.91 Å². The quantitative estimate of drug-likeness (QED) is 0.451. The van der Waals surface area contributed by atoms with Gasteiger partial charge in [-0.2, -0.15) is 0 Å². The lowest BCUT2D eigenvalue weighted by Gasteiger charge is -2.13. The summed E-state index contributed by atoms with van der Waals surface area (Å²) in [5, 5.41) is 14.2. The molecule has 154 valence electrons. The molecule has 5 heteroatoms. The van der Waals surface area contributed by atoms with E-state index >= 15 is 0 Å². The van der Waals surface area contributed by atoms with Gasteiger partial charge in [0.15, 0.2) is 0 Å². The van der Waals surface area contributed by atoms with Crippen molar-refractivity contribution in [2.75, 3.05) is 12.4 Å². The summed E-state index contributed by atoms with van der Waals surface area (Å²) < 4.78 is 4.93. The Hall–Kier alpha value is -3.96. The van der Waals surface area contributed by atoms with Crippen LogP contribution in [0.5, 0.6) is 0 Å². The molecule has 0 aliphatic carbocycles. The van der Waals surface area contributed by atoms with Gasteiger partial charge in [-0.05, 0) is 57.8 Å². The predicted octanol–water partition coefficient (Wildman–Crippen LogP) is 5.04. The molecular formula is C26H21NO4. The van der Waals surface area contributed by atoms with E-state index in [0.29, 0.717) is 11.3 Å². The zero-order valence-electron chi connectivity index (χ0n) is 17.0. The molecule has 0 saturated carbocycles. The molecule has 2 N–H and O–H groups in total. The zero-order valence-corrected chi connectivity index (χ0v) is 17.0. The molecule has 0 fully saturated rings. The molecule has 0 bridgehead atoms. The van der Waals surface area contributed by atoms with E-state index in [2.05, 4.69) is 5.32 Å². The second-order valence-electron chi connectivity index (χ2n) is 7.13. The van der Waals surface area contributed by atoms with Gasteiger partial charge >= 0.3 is 5.97 Å². The molecule has 1 amide bonds. The predicted molar refractivity (Wildman–Crippen MR) is 121 cm³/mol. The van der Waals surface area contributed by atoms with Crippen molar-refractivity contribution in [3.8, 4) is 11.1 Å².